The van der Waals surface area contributed by atoms with Crippen LogP contribution < -0.4 is 0 Å². The van der Waals surface area contributed by atoms with Crippen LogP contribution in [0.25, 0.3) is 0 Å². The van der Waals surface area contributed by atoms with Crippen molar-refractivity contribution in [2.75, 3.05) is 13.2 Å². The summed E-state index contributed by atoms with van der Waals surface area (Å²) in [6.45, 7) is 4.58. The number of nitrogens with zero attached hydrogens (tertiary/aromatic N) is 3. The standard InChI is InChI=1S/C8H13N3O/c1-8(2,6-12)11-4-3-7(5-9)10-11/h12H,3-4,6H2,1-2H3. The molecule has 1 aliphatic heterocycles. The van der Waals surface area contributed by atoms with E-state index in [1.165, 1.54) is 0 Å². The molecule has 0 aromatic carbocycles. The quantitative estimate of drug-likeness (QED) is 0.645. The van der Waals surface area contributed by atoms with Crippen molar-refractivity contribution in [2.24, 2.45) is 5.10 Å². The summed E-state index contributed by atoms with van der Waals surface area (Å²) in [6, 6.07) is 2.02. The van der Waals surface area contributed by atoms with Crippen LogP contribution in [0.3, 0.4) is 0 Å². The van der Waals surface area contributed by atoms with Gasteiger partial charge in [-0.3, -0.25) is 5.01 Å². The van der Waals surface area contributed by atoms with E-state index in [4.69, 9.17) is 10.4 Å². The van der Waals surface area contributed by atoms with Gasteiger partial charge in [-0.15, -0.1) is 0 Å². The molecule has 4 nitrogen and oxygen atoms in total. The Kier molecular flexibility index (Phi) is 2.34. The van der Waals surface area contributed by atoms with Crippen LogP contribution >= 0.6 is 0 Å². The first-order valence-electron chi connectivity index (χ1n) is 3.96. The predicted octanol–water partition coefficient (Wildman–Crippen LogP) is 0.343. The molecule has 0 fully saturated rings. The highest BCUT2D eigenvalue weighted by Gasteiger charge is 2.28. The zero-order valence-electron chi connectivity index (χ0n) is 7.41. The van der Waals surface area contributed by atoms with E-state index in [0.29, 0.717) is 12.1 Å². The Balaban J connectivity index is 2.70. The van der Waals surface area contributed by atoms with Crippen molar-refractivity contribution in [3.63, 3.8) is 0 Å². The second kappa shape index (κ2) is 3.11. The van der Waals surface area contributed by atoms with Crippen LogP contribution in [0.1, 0.15) is 20.3 Å². The third-order valence-electron chi connectivity index (χ3n) is 2.02. The summed E-state index contributed by atoms with van der Waals surface area (Å²) < 4.78 is 0. The Morgan fingerprint density at radius 2 is 2.42 bits per heavy atom. The van der Waals surface area contributed by atoms with E-state index >= 15 is 0 Å². The third kappa shape index (κ3) is 1.56. The van der Waals surface area contributed by atoms with Crippen LogP contribution in [0, 0.1) is 11.3 Å². The molecule has 4 heteroatoms. The van der Waals surface area contributed by atoms with Crippen molar-refractivity contribution in [1.82, 2.24) is 5.01 Å². The van der Waals surface area contributed by atoms with Gasteiger partial charge in [0.25, 0.3) is 0 Å². The Hall–Kier alpha value is -1.08. The highest BCUT2D eigenvalue weighted by Crippen LogP contribution is 2.18. The molecule has 0 aromatic heterocycles. The molecule has 1 heterocycles. The second-order valence-electron chi connectivity index (χ2n) is 3.50. The van der Waals surface area contributed by atoms with E-state index in [1.54, 1.807) is 5.01 Å². The smallest absolute Gasteiger partial charge is 0.139 e. The molecule has 1 aliphatic rings. The summed E-state index contributed by atoms with van der Waals surface area (Å²) in [5.74, 6) is 0. The molecule has 0 spiro atoms. The maximum atomic E-state index is 9.02. The van der Waals surface area contributed by atoms with Gasteiger partial charge in [0, 0.05) is 13.0 Å². The van der Waals surface area contributed by atoms with Gasteiger partial charge in [0.15, 0.2) is 0 Å². The normalized spacial score (nSPS) is 17.5. The van der Waals surface area contributed by atoms with Crippen LogP contribution in [0.15, 0.2) is 5.10 Å². The van der Waals surface area contributed by atoms with E-state index in [-0.39, 0.29) is 12.1 Å². The van der Waals surface area contributed by atoms with Crippen LogP contribution in [0.4, 0.5) is 0 Å². The zero-order chi connectivity index (χ0) is 9.19. The van der Waals surface area contributed by atoms with Crippen molar-refractivity contribution in [3.8, 4) is 6.07 Å². The lowest BCUT2D eigenvalue weighted by Gasteiger charge is -2.31. The number of rotatable bonds is 2. The second-order valence-corrected chi connectivity index (χ2v) is 3.50. The average Bonchev–Trinajstić information content (AvgIpc) is 2.52. The fraction of sp³-hybridized carbons (Fsp3) is 0.750. The molecule has 0 saturated heterocycles. The molecule has 1 rings (SSSR count). The van der Waals surface area contributed by atoms with Crippen LogP contribution in [0.5, 0.6) is 0 Å². The maximum Gasteiger partial charge on any atom is 0.139 e. The fourth-order valence-electron chi connectivity index (χ4n) is 1.06. The van der Waals surface area contributed by atoms with E-state index in [2.05, 4.69) is 5.10 Å². The highest BCUT2D eigenvalue weighted by atomic mass is 16.3. The van der Waals surface area contributed by atoms with Gasteiger partial charge < -0.3 is 5.11 Å². The Labute approximate surface area is 72.1 Å². The van der Waals surface area contributed by atoms with Crippen molar-refractivity contribution < 1.29 is 5.11 Å². The summed E-state index contributed by atoms with van der Waals surface area (Å²) in [6.07, 6.45) is 0.694. The lowest BCUT2D eigenvalue weighted by atomic mass is 10.1. The van der Waals surface area contributed by atoms with Crippen LogP contribution in [-0.2, 0) is 0 Å². The van der Waals surface area contributed by atoms with Gasteiger partial charge in [0.2, 0.25) is 0 Å². The first kappa shape index (κ1) is 9.01. The summed E-state index contributed by atoms with van der Waals surface area (Å²) in [7, 11) is 0. The van der Waals surface area contributed by atoms with Gasteiger partial charge in [-0.1, -0.05) is 0 Å². The first-order chi connectivity index (χ1) is 5.60. The lowest BCUT2D eigenvalue weighted by Crippen LogP contribution is -2.42. The molecule has 0 radical (unpaired) electrons. The van der Waals surface area contributed by atoms with Gasteiger partial charge in [0.05, 0.1) is 12.1 Å². The average molecular weight is 167 g/mol. The molecule has 0 unspecified atom stereocenters. The number of hydrogen-bond donors (Lipinski definition) is 1. The predicted molar refractivity (Wildman–Crippen MR) is 45.5 cm³/mol. The van der Waals surface area contributed by atoms with Gasteiger partial charge in [-0.2, -0.15) is 10.4 Å². The zero-order valence-corrected chi connectivity index (χ0v) is 7.41. The van der Waals surface area contributed by atoms with E-state index in [9.17, 15) is 0 Å². The lowest BCUT2D eigenvalue weighted by molar-refractivity contribution is 0.0693. The Morgan fingerprint density at radius 1 is 1.75 bits per heavy atom. The van der Waals surface area contributed by atoms with Crippen molar-refractivity contribution >= 4 is 5.71 Å². The van der Waals surface area contributed by atoms with Crippen molar-refractivity contribution in [3.05, 3.63) is 0 Å². The van der Waals surface area contributed by atoms with E-state index < -0.39 is 0 Å². The molecule has 0 aromatic rings. The summed E-state index contributed by atoms with van der Waals surface area (Å²) in [5.41, 5.74) is 0.204. The van der Waals surface area contributed by atoms with Gasteiger partial charge in [0.1, 0.15) is 11.8 Å². The number of aliphatic hydroxyl groups is 1. The summed E-state index contributed by atoms with van der Waals surface area (Å²) >= 11 is 0. The first-order valence-corrected chi connectivity index (χ1v) is 3.96. The monoisotopic (exact) mass is 167 g/mol. The molecule has 0 aliphatic carbocycles. The van der Waals surface area contributed by atoms with Gasteiger partial charge in [-0.25, -0.2) is 0 Å². The van der Waals surface area contributed by atoms with E-state index in [0.717, 1.165) is 6.54 Å². The van der Waals surface area contributed by atoms with Gasteiger partial charge in [-0.05, 0) is 13.8 Å². The summed E-state index contributed by atoms with van der Waals surface area (Å²) in [5, 5.41) is 23.4. The molecular formula is C8H13N3O. The molecule has 0 saturated carbocycles. The largest absolute Gasteiger partial charge is 0.394 e. The van der Waals surface area contributed by atoms with Crippen LogP contribution in [0.2, 0.25) is 0 Å². The molecular weight excluding hydrogens is 154 g/mol. The molecule has 1 N–H and O–H groups in total. The highest BCUT2D eigenvalue weighted by molar-refractivity contribution is 5.99. The Morgan fingerprint density at radius 3 is 2.83 bits per heavy atom. The molecule has 12 heavy (non-hydrogen) atoms. The number of hydrogen-bond acceptors (Lipinski definition) is 4. The van der Waals surface area contributed by atoms with Crippen molar-refractivity contribution in [1.29, 1.82) is 5.26 Å². The third-order valence-corrected chi connectivity index (χ3v) is 2.02. The minimum absolute atomic E-state index is 0.0508. The SMILES string of the molecule is CC(C)(CO)N1CCC(C#N)=N1. The van der Waals surface area contributed by atoms with Crippen LogP contribution in [-0.4, -0.2) is 34.5 Å². The minimum atomic E-state index is -0.349. The molecule has 0 amide bonds. The topological polar surface area (TPSA) is 59.6 Å². The van der Waals surface area contributed by atoms with Gasteiger partial charge >= 0.3 is 0 Å². The molecule has 66 valence electrons. The summed E-state index contributed by atoms with van der Waals surface area (Å²) in [4.78, 5) is 0. The van der Waals surface area contributed by atoms with Crippen molar-refractivity contribution in [2.45, 2.75) is 25.8 Å². The fourth-order valence-corrected chi connectivity index (χ4v) is 1.06. The van der Waals surface area contributed by atoms with E-state index in [1.807, 2.05) is 19.9 Å². The maximum absolute atomic E-state index is 9.02. The minimum Gasteiger partial charge on any atom is -0.394 e. The number of aliphatic hydroxyl groups excluding tert-OH is 1. The number of hydrazone groups is 1. The number of nitriles is 1. The Bertz CT molecular complexity index is 239. The molecule has 0 bridgehead atoms. The molecule has 0 atom stereocenters.